The zero-order chi connectivity index (χ0) is 10.7. The van der Waals surface area contributed by atoms with E-state index in [1.807, 2.05) is 36.7 Å². The van der Waals surface area contributed by atoms with Crippen molar-refractivity contribution in [2.24, 2.45) is 0 Å². The summed E-state index contributed by atoms with van der Waals surface area (Å²) in [6.07, 6.45) is 1.81. The van der Waals surface area contributed by atoms with Crippen LogP contribution in [0.1, 0.15) is 10.6 Å². The second kappa shape index (κ2) is 4.31. The molecular weight excluding hydrogens is 206 g/mol. The lowest BCUT2D eigenvalue weighted by molar-refractivity contribution is 1.10. The third kappa shape index (κ3) is 2.27. The Bertz CT molecular complexity index is 437. The van der Waals surface area contributed by atoms with Crippen molar-refractivity contribution in [1.29, 1.82) is 0 Å². The quantitative estimate of drug-likeness (QED) is 0.780. The molecule has 2 aromatic rings. The molecule has 1 heterocycles. The van der Waals surface area contributed by atoms with E-state index in [2.05, 4.69) is 10.3 Å². The van der Waals surface area contributed by atoms with Gasteiger partial charge in [-0.1, -0.05) is 6.07 Å². The number of nitrogens with two attached hydrogens (primary N) is 1. The molecule has 1 aromatic carbocycles. The summed E-state index contributed by atoms with van der Waals surface area (Å²) < 4.78 is 0. The van der Waals surface area contributed by atoms with E-state index in [1.54, 1.807) is 11.3 Å². The molecule has 0 saturated heterocycles. The Morgan fingerprint density at radius 1 is 1.47 bits per heavy atom. The lowest BCUT2D eigenvalue weighted by atomic mass is 10.1. The van der Waals surface area contributed by atoms with Gasteiger partial charge in [-0.3, -0.25) is 0 Å². The second-order valence-electron chi connectivity index (χ2n) is 3.30. The molecule has 15 heavy (non-hydrogen) atoms. The smallest absolute Gasteiger partial charge is 0.112 e. The summed E-state index contributed by atoms with van der Waals surface area (Å²) in [5.74, 6) is 0. The fourth-order valence-corrected chi connectivity index (χ4v) is 1.91. The van der Waals surface area contributed by atoms with Crippen LogP contribution in [0.25, 0.3) is 0 Å². The number of nitrogens with one attached hydrogen (secondary N) is 1. The zero-order valence-electron chi connectivity index (χ0n) is 8.53. The number of hydrogen-bond donors (Lipinski definition) is 2. The molecule has 0 radical (unpaired) electrons. The SMILES string of the molecule is Cc1c(N)cccc1NCc1nccs1. The Morgan fingerprint density at radius 2 is 2.33 bits per heavy atom. The molecule has 2 rings (SSSR count). The van der Waals surface area contributed by atoms with E-state index in [4.69, 9.17) is 5.73 Å². The molecule has 0 atom stereocenters. The van der Waals surface area contributed by atoms with Crippen molar-refractivity contribution in [3.05, 3.63) is 40.3 Å². The minimum absolute atomic E-state index is 0.752. The normalized spacial score (nSPS) is 10.2. The van der Waals surface area contributed by atoms with E-state index < -0.39 is 0 Å². The van der Waals surface area contributed by atoms with Gasteiger partial charge in [-0.2, -0.15) is 0 Å². The highest BCUT2D eigenvalue weighted by Crippen LogP contribution is 2.21. The molecule has 0 amide bonds. The van der Waals surface area contributed by atoms with E-state index in [0.29, 0.717) is 0 Å². The van der Waals surface area contributed by atoms with E-state index in [-0.39, 0.29) is 0 Å². The summed E-state index contributed by atoms with van der Waals surface area (Å²) in [5, 5.41) is 6.38. The maximum atomic E-state index is 5.82. The first-order valence-electron chi connectivity index (χ1n) is 4.74. The number of anilines is 2. The highest BCUT2D eigenvalue weighted by molar-refractivity contribution is 7.09. The van der Waals surface area contributed by atoms with Gasteiger partial charge in [0.05, 0.1) is 6.54 Å². The van der Waals surface area contributed by atoms with Crippen LogP contribution in [0.5, 0.6) is 0 Å². The van der Waals surface area contributed by atoms with Crippen molar-refractivity contribution >= 4 is 22.7 Å². The first kappa shape index (κ1) is 9.98. The van der Waals surface area contributed by atoms with Crippen molar-refractivity contribution in [3.63, 3.8) is 0 Å². The lowest BCUT2D eigenvalue weighted by Crippen LogP contribution is -2.02. The van der Waals surface area contributed by atoms with Crippen molar-refractivity contribution in [2.75, 3.05) is 11.1 Å². The summed E-state index contributed by atoms with van der Waals surface area (Å²) in [5.41, 5.74) is 8.80. The fraction of sp³-hybridized carbons (Fsp3) is 0.182. The van der Waals surface area contributed by atoms with Gasteiger partial charge in [0.1, 0.15) is 5.01 Å². The molecule has 0 saturated carbocycles. The molecule has 0 aliphatic carbocycles. The van der Waals surface area contributed by atoms with Crippen LogP contribution >= 0.6 is 11.3 Å². The number of rotatable bonds is 3. The summed E-state index contributed by atoms with van der Waals surface area (Å²) in [7, 11) is 0. The van der Waals surface area contributed by atoms with Gasteiger partial charge in [-0.15, -0.1) is 11.3 Å². The lowest BCUT2D eigenvalue weighted by Gasteiger charge is -2.09. The van der Waals surface area contributed by atoms with Crippen LogP contribution in [0.15, 0.2) is 29.8 Å². The van der Waals surface area contributed by atoms with Crippen LogP contribution in [0.3, 0.4) is 0 Å². The Kier molecular flexibility index (Phi) is 2.87. The summed E-state index contributed by atoms with van der Waals surface area (Å²) in [6, 6.07) is 5.88. The monoisotopic (exact) mass is 219 g/mol. The molecule has 3 N–H and O–H groups in total. The van der Waals surface area contributed by atoms with Gasteiger partial charge in [0, 0.05) is 23.0 Å². The predicted molar refractivity (Wildman–Crippen MR) is 65.0 cm³/mol. The average Bonchev–Trinajstić information content (AvgIpc) is 2.73. The third-order valence-corrected chi connectivity index (χ3v) is 3.07. The van der Waals surface area contributed by atoms with Gasteiger partial charge >= 0.3 is 0 Å². The Morgan fingerprint density at radius 3 is 3.07 bits per heavy atom. The van der Waals surface area contributed by atoms with Gasteiger partial charge in [0.2, 0.25) is 0 Å². The Hall–Kier alpha value is -1.55. The minimum Gasteiger partial charge on any atom is -0.398 e. The minimum atomic E-state index is 0.752. The standard InChI is InChI=1S/C11H13N3S/c1-8-9(12)3-2-4-10(8)14-7-11-13-5-6-15-11/h2-6,14H,7,12H2,1H3. The topological polar surface area (TPSA) is 50.9 Å². The molecule has 78 valence electrons. The maximum absolute atomic E-state index is 5.82. The molecule has 0 aliphatic rings. The number of nitrogens with zero attached hydrogens (tertiary/aromatic N) is 1. The van der Waals surface area contributed by atoms with Gasteiger partial charge in [0.25, 0.3) is 0 Å². The van der Waals surface area contributed by atoms with Crippen LogP contribution in [-0.4, -0.2) is 4.98 Å². The third-order valence-electron chi connectivity index (χ3n) is 2.29. The molecule has 0 bridgehead atoms. The molecule has 0 fully saturated rings. The summed E-state index contributed by atoms with van der Waals surface area (Å²) in [4.78, 5) is 4.21. The number of aromatic nitrogens is 1. The fourth-order valence-electron chi connectivity index (χ4n) is 1.36. The van der Waals surface area contributed by atoms with Crippen LogP contribution < -0.4 is 11.1 Å². The van der Waals surface area contributed by atoms with Gasteiger partial charge in [-0.25, -0.2) is 4.98 Å². The van der Waals surface area contributed by atoms with E-state index >= 15 is 0 Å². The van der Waals surface area contributed by atoms with Crippen LogP contribution in [-0.2, 0) is 6.54 Å². The number of nitrogen functional groups attached to an aromatic ring is 1. The predicted octanol–water partition coefficient (Wildman–Crippen LogP) is 2.65. The maximum Gasteiger partial charge on any atom is 0.112 e. The van der Waals surface area contributed by atoms with Gasteiger partial charge < -0.3 is 11.1 Å². The molecule has 0 aliphatic heterocycles. The summed E-state index contributed by atoms with van der Waals surface area (Å²) >= 11 is 1.65. The van der Waals surface area contributed by atoms with Gasteiger partial charge in [-0.05, 0) is 24.6 Å². The number of thiazole rings is 1. The van der Waals surface area contributed by atoms with Crippen LogP contribution in [0, 0.1) is 6.92 Å². The average molecular weight is 219 g/mol. The molecule has 3 nitrogen and oxygen atoms in total. The van der Waals surface area contributed by atoms with Crippen molar-refractivity contribution in [1.82, 2.24) is 4.98 Å². The molecule has 0 unspecified atom stereocenters. The second-order valence-corrected chi connectivity index (χ2v) is 4.28. The van der Waals surface area contributed by atoms with Crippen LogP contribution in [0.2, 0.25) is 0 Å². The summed E-state index contributed by atoms with van der Waals surface area (Å²) in [6.45, 7) is 2.77. The van der Waals surface area contributed by atoms with E-state index in [1.165, 1.54) is 0 Å². The highest BCUT2D eigenvalue weighted by Gasteiger charge is 2.01. The van der Waals surface area contributed by atoms with Crippen molar-refractivity contribution < 1.29 is 0 Å². The van der Waals surface area contributed by atoms with Gasteiger partial charge in [0.15, 0.2) is 0 Å². The van der Waals surface area contributed by atoms with Crippen molar-refractivity contribution in [3.8, 4) is 0 Å². The largest absolute Gasteiger partial charge is 0.398 e. The zero-order valence-corrected chi connectivity index (χ0v) is 9.34. The molecule has 4 heteroatoms. The highest BCUT2D eigenvalue weighted by atomic mass is 32.1. The number of benzene rings is 1. The first-order valence-corrected chi connectivity index (χ1v) is 5.62. The molecule has 1 aromatic heterocycles. The van der Waals surface area contributed by atoms with E-state index in [9.17, 15) is 0 Å². The molecule has 0 spiro atoms. The number of hydrogen-bond acceptors (Lipinski definition) is 4. The molecular formula is C11H13N3S. The Labute approximate surface area is 93.0 Å². The van der Waals surface area contributed by atoms with E-state index in [0.717, 1.165) is 28.5 Å². The Balaban J connectivity index is 2.08. The first-order chi connectivity index (χ1) is 7.27. The van der Waals surface area contributed by atoms with Crippen LogP contribution in [0.4, 0.5) is 11.4 Å². The van der Waals surface area contributed by atoms with Crippen molar-refractivity contribution in [2.45, 2.75) is 13.5 Å².